The lowest BCUT2D eigenvalue weighted by Gasteiger charge is -2.11. The molecule has 0 spiro atoms. The maximum Gasteiger partial charge on any atom is 0.0979 e. The summed E-state index contributed by atoms with van der Waals surface area (Å²) in [6.45, 7) is 0. The Labute approximate surface area is 345 Å². The Kier molecular flexibility index (Phi) is 7.75. The largest absolute Gasteiger partial charge is 0.252 e. The number of nitrogens with zero attached hydrogens (tertiary/aromatic N) is 2. The van der Waals surface area contributed by atoms with Crippen LogP contribution in [-0.2, 0) is 0 Å². The van der Waals surface area contributed by atoms with Crippen LogP contribution in [0.1, 0.15) is 0 Å². The standard InChI is InChI=1S/C56H34N2S/c1-2-15-42-37(11-1)12-8-21-44(42)49-22-10-24-51-50-23-9-20-43(55(50)59-56(49)51)38-29-25-35(26-30-38)40-13-7-14-41(33-40)36-27-31-39(32-28-36)52-34-57-53-47-18-5-3-16-45(47)46-17-4-6-19-48(46)54(53)58-52/h1-34H. The van der Waals surface area contributed by atoms with Gasteiger partial charge >= 0.3 is 0 Å². The Morgan fingerprint density at radius 3 is 1.47 bits per heavy atom. The number of benzene rings is 10. The Hall–Kier alpha value is -7.46. The van der Waals surface area contributed by atoms with Crippen LogP contribution >= 0.6 is 11.3 Å². The van der Waals surface area contributed by atoms with Crippen LogP contribution in [-0.4, -0.2) is 9.97 Å². The van der Waals surface area contributed by atoms with Gasteiger partial charge in [-0.05, 0) is 66.6 Å². The fourth-order valence-electron chi connectivity index (χ4n) is 9.04. The highest BCUT2D eigenvalue weighted by molar-refractivity contribution is 7.26. The molecular formula is C56H34N2S. The second-order valence-corrected chi connectivity index (χ2v) is 16.3. The van der Waals surface area contributed by atoms with Crippen molar-refractivity contribution in [2.75, 3.05) is 0 Å². The molecule has 0 saturated carbocycles. The molecule has 0 aliphatic rings. The second-order valence-electron chi connectivity index (χ2n) is 15.3. The van der Waals surface area contributed by atoms with E-state index in [4.69, 9.17) is 9.97 Å². The van der Waals surface area contributed by atoms with Crippen LogP contribution in [0.2, 0.25) is 0 Å². The number of thiophene rings is 1. The minimum absolute atomic E-state index is 0.870. The van der Waals surface area contributed by atoms with E-state index in [1.165, 1.54) is 80.7 Å². The van der Waals surface area contributed by atoms with E-state index in [1.807, 2.05) is 17.5 Å². The first-order valence-electron chi connectivity index (χ1n) is 20.1. The molecule has 10 aromatic carbocycles. The van der Waals surface area contributed by atoms with Gasteiger partial charge in [0.05, 0.1) is 22.9 Å². The van der Waals surface area contributed by atoms with Gasteiger partial charge in [0, 0.05) is 42.1 Å². The lowest BCUT2D eigenvalue weighted by Crippen LogP contribution is -1.92. The molecule has 0 amide bonds. The van der Waals surface area contributed by atoms with Gasteiger partial charge in [-0.15, -0.1) is 11.3 Å². The average Bonchev–Trinajstić information content (AvgIpc) is 3.71. The third kappa shape index (κ3) is 5.55. The topological polar surface area (TPSA) is 25.8 Å². The molecule has 2 aromatic heterocycles. The summed E-state index contributed by atoms with van der Waals surface area (Å²) in [5, 5.41) is 9.83. The van der Waals surface area contributed by atoms with Crippen LogP contribution in [0.4, 0.5) is 0 Å². The van der Waals surface area contributed by atoms with Gasteiger partial charge < -0.3 is 0 Å². The molecule has 0 aliphatic carbocycles. The molecule has 0 saturated heterocycles. The van der Waals surface area contributed by atoms with Crippen LogP contribution in [0.15, 0.2) is 206 Å². The third-order valence-electron chi connectivity index (χ3n) is 11.9. The lowest BCUT2D eigenvalue weighted by atomic mass is 9.95. The van der Waals surface area contributed by atoms with Crippen LogP contribution in [0.3, 0.4) is 0 Å². The van der Waals surface area contributed by atoms with Crippen molar-refractivity contribution in [3.05, 3.63) is 206 Å². The van der Waals surface area contributed by atoms with E-state index in [2.05, 4.69) is 200 Å². The van der Waals surface area contributed by atoms with Crippen LogP contribution in [0.25, 0.3) is 119 Å². The van der Waals surface area contributed by atoms with Crippen molar-refractivity contribution in [3.63, 3.8) is 0 Å². The van der Waals surface area contributed by atoms with E-state index in [0.717, 1.165) is 38.6 Å². The van der Waals surface area contributed by atoms with Crippen molar-refractivity contribution in [1.82, 2.24) is 9.97 Å². The Morgan fingerprint density at radius 2 is 0.780 bits per heavy atom. The molecule has 0 fully saturated rings. The molecule has 0 unspecified atom stereocenters. The minimum atomic E-state index is 0.870. The molecule has 0 atom stereocenters. The van der Waals surface area contributed by atoms with Crippen molar-refractivity contribution in [1.29, 1.82) is 0 Å². The van der Waals surface area contributed by atoms with E-state index in [9.17, 15) is 0 Å². The van der Waals surface area contributed by atoms with Crippen LogP contribution in [0, 0.1) is 0 Å². The summed E-state index contributed by atoms with van der Waals surface area (Å²) in [5.74, 6) is 0. The Bertz CT molecular complexity index is 3560. The SMILES string of the molecule is c1cc(-c2ccc(-c3cnc4c5ccccc5c5ccccc5c4n3)cc2)cc(-c2ccc(-c3cccc4c3sc3c(-c5cccc6ccccc56)cccc34)cc2)c1. The zero-order valence-electron chi connectivity index (χ0n) is 31.9. The van der Waals surface area contributed by atoms with Gasteiger partial charge in [0.2, 0.25) is 0 Å². The molecule has 59 heavy (non-hydrogen) atoms. The highest BCUT2D eigenvalue weighted by Gasteiger charge is 2.16. The van der Waals surface area contributed by atoms with Gasteiger partial charge in [0.25, 0.3) is 0 Å². The quantitative estimate of drug-likeness (QED) is 0.163. The molecule has 12 rings (SSSR count). The first-order valence-corrected chi connectivity index (χ1v) is 20.9. The number of fused-ring (bicyclic) bond motifs is 10. The normalized spacial score (nSPS) is 11.7. The Morgan fingerprint density at radius 1 is 0.305 bits per heavy atom. The summed E-state index contributed by atoms with van der Waals surface area (Å²) < 4.78 is 2.66. The predicted molar refractivity (Wildman–Crippen MR) is 252 cm³/mol. The summed E-state index contributed by atoms with van der Waals surface area (Å²) in [5.41, 5.74) is 13.6. The molecule has 3 heteroatoms. The molecule has 0 aliphatic heterocycles. The number of hydrogen-bond acceptors (Lipinski definition) is 3. The number of aromatic nitrogens is 2. The second kappa shape index (κ2) is 13.6. The zero-order valence-corrected chi connectivity index (χ0v) is 32.7. The molecule has 2 heterocycles. The molecule has 274 valence electrons. The monoisotopic (exact) mass is 766 g/mol. The Balaban J connectivity index is 0.855. The minimum Gasteiger partial charge on any atom is -0.252 e. The van der Waals surface area contributed by atoms with Crippen molar-refractivity contribution in [2.24, 2.45) is 0 Å². The van der Waals surface area contributed by atoms with E-state index >= 15 is 0 Å². The zero-order chi connectivity index (χ0) is 38.9. The van der Waals surface area contributed by atoms with Gasteiger partial charge in [0.1, 0.15) is 0 Å². The third-order valence-corrected chi connectivity index (χ3v) is 13.2. The van der Waals surface area contributed by atoms with Crippen molar-refractivity contribution < 1.29 is 0 Å². The summed E-state index contributed by atoms with van der Waals surface area (Å²) in [6, 6.07) is 72.4. The van der Waals surface area contributed by atoms with E-state index in [1.54, 1.807) is 0 Å². The molecular weight excluding hydrogens is 733 g/mol. The summed E-state index contributed by atoms with van der Waals surface area (Å²) >= 11 is 1.91. The van der Waals surface area contributed by atoms with Gasteiger partial charge in [-0.3, -0.25) is 4.98 Å². The number of rotatable bonds is 5. The summed E-state index contributed by atoms with van der Waals surface area (Å²) in [7, 11) is 0. The molecule has 0 radical (unpaired) electrons. The highest BCUT2D eigenvalue weighted by Crippen LogP contribution is 2.45. The van der Waals surface area contributed by atoms with Crippen molar-refractivity contribution in [2.45, 2.75) is 0 Å². The van der Waals surface area contributed by atoms with Gasteiger partial charge in [0.15, 0.2) is 0 Å². The summed E-state index contributed by atoms with van der Waals surface area (Å²) in [6.07, 6.45) is 1.91. The lowest BCUT2D eigenvalue weighted by molar-refractivity contribution is 1.31. The first-order chi connectivity index (χ1) is 29.2. The van der Waals surface area contributed by atoms with Crippen LogP contribution in [0.5, 0.6) is 0 Å². The maximum absolute atomic E-state index is 5.20. The predicted octanol–water partition coefficient (Wildman–Crippen LogP) is 15.8. The smallest absolute Gasteiger partial charge is 0.0979 e. The van der Waals surface area contributed by atoms with Crippen molar-refractivity contribution in [3.8, 4) is 55.8 Å². The fourth-order valence-corrected chi connectivity index (χ4v) is 10.4. The highest BCUT2D eigenvalue weighted by atomic mass is 32.1. The number of hydrogen-bond donors (Lipinski definition) is 0. The maximum atomic E-state index is 5.20. The molecule has 0 bridgehead atoms. The van der Waals surface area contributed by atoms with E-state index < -0.39 is 0 Å². The summed E-state index contributed by atoms with van der Waals surface area (Å²) in [4.78, 5) is 10.2. The van der Waals surface area contributed by atoms with Gasteiger partial charge in [-0.2, -0.15) is 0 Å². The average molecular weight is 767 g/mol. The molecule has 0 N–H and O–H groups in total. The molecule has 12 aromatic rings. The molecule has 2 nitrogen and oxygen atoms in total. The van der Waals surface area contributed by atoms with Crippen LogP contribution < -0.4 is 0 Å². The van der Waals surface area contributed by atoms with E-state index in [0.29, 0.717) is 0 Å². The van der Waals surface area contributed by atoms with Gasteiger partial charge in [-0.25, -0.2) is 4.98 Å². The fraction of sp³-hybridized carbons (Fsp3) is 0. The van der Waals surface area contributed by atoms with E-state index in [-0.39, 0.29) is 0 Å². The first kappa shape index (κ1) is 33.7. The van der Waals surface area contributed by atoms with Gasteiger partial charge in [-0.1, -0.05) is 194 Å². The van der Waals surface area contributed by atoms with Crippen molar-refractivity contribution >= 4 is 74.9 Å².